The fourth-order valence-corrected chi connectivity index (χ4v) is 1.54. The number of carbonyl (C=O) groups excluding carboxylic acids is 2. The standard InChI is InChI=1S/C13H19N3O3/c1-2-19-13(18)9-5-6-10(14)11(8-9)16-7-3-4-12(15)17/h5-6,8,16H,2-4,7,14H2,1H3,(H2,15,17). The number of carbonyl (C=O) groups is 2. The van der Waals surface area contributed by atoms with Crippen molar-refractivity contribution in [3.8, 4) is 0 Å². The van der Waals surface area contributed by atoms with E-state index in [-0.39, 0.29) is 11.9 Å². The topological polar surface area (TPSA) is 107 Å². The summed E-state index contributed by atoms with van der Waals surface area (Å²) in [5.74, 6) is -0.724. The number of amides is 1. The number of benzene rings is 1. The largest absolute Gasteiger partial charge is 0.462 e. The second-order valence-electron chi connectivity index (χ2n) is 4.02. The zero-order valence-corrected chi connectivity index (χ0v) is 10.9. The quantitative estimate of drug-likeness (QED) is 0.389. The number of nitrogens with one attached hydrogen (secondary N) is 1. The molecule has 0 aliphatic carbocycles. The summed E-state index contributed by atoms with van der Waals surface area (Å²) in [6, 6.07) is 4.89. The first-order chi connectivity index (χ1) is 9.04. The van der Waals surface area contributed by atoms with Crippen molar-refractivity contribution < 1.29 is 14.3 Å². The Labute approximate surface area is 112 Å². The van der Waals surface area contributed by atoms with Crippen LogP contribution in [0.5, 0.6) is 0 Å². The van der Waals surface area contributed by atoms with Crippen LogP contribution in [0.4, 0.5) is 11.4 Å². The maximum absolute atomic E-state index is 11.6. The van der Waals surface area contributed by atoms with E-state index in [9.17, 15) is 9.59 Å². The molecule has 0 bridgehead atoms. The zero-order chi connectivity index (χ0) is 14.3. The van der Waals surface area contributed by atoms with E-state index in [2.05, 4.69) is 5.32 Å². The summed E-state index contributed by atoms with van der Waals surface area (Å²) >= 11 is 0. The Hall–Kier alpha value is -2.24. The van der Waals surface area contributed by atoms with Crippen LogP contribution < -0.4 is 16.8 Å². The Morgan fingerprint density at radius 3 is 2.74 bits per heavy atom. The van der Waals surface area contributed by atoms with Gasteiger partial charge in [-0.2, -0.15) is 0 Å². The average molecular weight is 265 g/mol. The zero-order valence-electron chi connectivity index (χ0n) is 10.9. The highest BCUT2D eigenvalue weighted by Crippen LogP contribution is 2.20. The van der Waals surface area contributed by atoms with Gasteiger partial charge >= 0.3 is 5.97 Å². The first-order valence-corrected chi connectivity index (χ1v) is 6.13. The van der Waals surface area contributed by atoms with Crippen molar-refractivity contribution in [3.05, 3.63) is 23.8 Å². The molecule has 6 nitrogen and oxygen atoms in total. The molecule has 5 N–H and O–H groups in total. The summed E-state index contributed by atoms with van der Waals surface area (Å²) in [6.07, 6.45) is 0.920. The molecule has 0 saturated heterocycles. The molecule has 0 fully saturated rings. The van der Waals surface area contributed by atoms with Gasteiger partial charge in [-0.05, 0) is 31.5 Å². The highest BCUT2D eigenvalue weighted by Gasteiger charge is 2.09. The molecule has 1 amide bonds. The molecule has 104 valence electrons. The third-order valence-corrected chi connectivity index (χ3v) is 2.48. The van der Waals surface area contributed by atoms with E-state index in [1.165, 1.54) is 0 Å². The van der Waals surface area contributed by atoms with Crippen molar-refractivity contribution in [2.45, 2.75) is 19.8 Å². The van der Waals surface area contributed by atoms with Crippen molar-refractivity contribution in [1.29, 1.82) is 0 Å². The second-order valence-corrected chi connectivity index (χ2v) is 4.02. The maximum Gasteiger partial charge on any atom is 0.338 e. The number of hydrogen-bond donors (Lipinski definition) is 3. The molecule has 1 aromatic rings. The van der Waals surface area contributed by atoms with Gasteiger partial charge in [-0.1, -0.05) is 0 Å². The molecule has 6 heteroatoms. The fourth-order valence-electron chi connectivity index (χ4n) is 1.54. The summed E-state index contributed by atoms with van der Waals surface area (Å²) in [5.41, 5.74) is 12.5. The van der Waals surface area contributed by atoms with Gasteiger partial charge in [0.1, 0.15) is 0 Å². The Bertz CT molecular complexity index is 460. The predicted molar refractivity (Wildman–Crippen MR) is 73.7 cm³/mol. The minimum absolute atomic E-state index is 0.310. The Morgan fingerprint density at radius 1 is 1.37 bits per heavy atom. The molecular weight excluding hydrogens is 246 g/mol. The van der Waals surface area contributed by atoms with Crippen molar-refractivity contribution in [2.75, 3.05) is 24.2 Å². The van der Waals surface area contributed by atoms with Crippen LogP contribution in [0.3, 0.4) is 0 Å². The van der Waals surface area contributed by atoms with E-state index in [1.807, 2.05) is 0 Å². The summed E-state index contributed by atoms with van der Waals surface area (Å²) in [5, 5.41) is 3.07. The van der Waals surface area contributed by atoms with Crippen LogP contribution in [0.2, 0.25) is 0 Å². The molecule has 0 aliphatic rings. The number of primary amides is 1. The van der Waals surface area contributed by atoms with Gasteiger partial charge < -0.3 is 21.5 Å². The van der Waals surface area contributed by atoms with E-state index >= 15 is 0 Å². The molecule has 0 aliphatic heterocycles. The van der Waals surface area contributed by atoms with Gasteiger partial charge in [0.05, 0.1) is 23.5 Å². The lowest BCUT2D eigenvalue weighted by atomic mass is 10.1. The predicted octanol–water partition coefficient (Wildman–Crippen LogP) is 1.12. The SMILES string of the molecule is CCOC(=O)c1ccc(N)c(NCCCC(N)=O)c1. The highest BCUT2D eigenvalue weighted by molar-refractivity contribution is 5.92. The Morgan fingerprint density at radius 2 is 2.11 bits per heavy atom. The molecule has 0 heterocycles. The number of nitrogens with two attached hydrogens (primary N) is 2. The van der Waals surface area contributed by atoms with Gasteiger partial charge in [-0.3, -0.25) is 4.79 Å². The molecule has 1 rings (SSSR count). The number of esters is 1. The number of rotatable bonds is 7. The second kappa shape index (κ2) is 7.25. The van der Waals surface area contributed by atoms with Crippen molar-refractivity contribution in [3.63, 3.8) is 0 Å². The van der Waals surface area contributed by atoms with Crippen LogP contribution in [0.25, 0.3) is 0 Å². The fraction of sp³-hybridized carbons (Fsp3) is 0.385. The van der Waals surface area contributed by atoms with Crippen molar-refractivity contribution in [1.82, 2.24) is 0 Å². The minimum Gasteiger partial charge on any atom is -0.462 e. The van der Waals surface area contributed by atoms with Crippen molar-refractivity contribution >= 4 is 23.3 Å². The lowest BCUT2D eigenvalue weighted by Gasteiger charge is -2.10. The van der Waals surface area contributed by atoms with Crippen LogP contribution in [-0.4, -0.2) is 25.0 Å². The normalized spacial score (nSPS) is 9.95. The first kappa shape index (κ1) is 14.8. The van der Waals surface area contributed by atoms with E-state index in [0.717, 1.165) is 0 Å². The summed E-state index contributed by atoms with van der Waals surface area (Å²) in [4.78, 5) is 22.2. The van der Waals surface area contributed by atoms with Crippen LogP contribution in [0.15, 0.2) is 18.2 Å². The van der Waals surface area contributed by atoms with Gasteiger partial charge in [-0.25, -0.2) is 4.79 Å². The number of ether oxygens (including phenoxy) is 1. The number of hydrogen-bond acceptors (Lipinski definition) is 5. The van der Waals surface area contributed by atoms with Gasteiger partial charge in [0.2, 0.25) is 5.91 Å². The monoisotopic (exact) mass is 265 g/mol. The minimum atomic E-state index is -0.386. The number of nitrogen functional groups attached to an aromatic ring is 1. The van der Waals surface area contributed by atoms with E-state index in [1.54, 1.807) is 25.1 Å². The lowest BCUT2D eigenvalue weighted by molar-refractivity contribution is -0.118. The van der Waals surface area contributed by atoms with E-state index < -0.39 is 0 Å². The van der Waals surface area contributed by atoms with E-state index in [4.69, 9.17) is 16.2 Å². The maximum atomic E-state index is 11.6. The molecule has 19 heavy (non-hydrogen) atoms. The molecule has 0 aromatic heterocycles. The molecule has 0 saturated carbocycles. The first-order valence-electron chi connectivity index (χ1n) is 6.13. The van der Waals surface area contributed by atoms with Crippen LogP contribution in [0, 0.1) is 0 Å². The Balaban J connectivity index is 2.64. The Kier molecular flexibility index (Phi) is 5.66. The van der Waals surface area contributed by atoms with Crippen molar-refractivity contribution in [2.24, 2.45) is 5.73 Å². The molecule has 0 unspecified atom stereocenters. The van der Waals surface area contributed by atoms with E-state index in [0.29, 0.717) is 42.9 Å². The molecule has 0 atom stereocenters. The molecule has 1 aromatic carbocycles. The van der Waals surface area contributed by atoms with Gasteiger partial charge in [0.15, 0.2) is 0 Å². The molecular formula is C13H19N3O3. The summed E-state index contributed by atoms with van der Waals surface area (Å²) in [7, 11) is 0. The van der Waals surface area contributed by atoms with Crippen LogP contribution >= 0.6 is 0 Å². The van der Waals surface area contributed by atoms with Crippen LogP contribution in [-0.2, 0) is 9.53 Å². The van der Waals surface area contributed by atoms with Crippen LogP contribution in [0.1, 0.15) is 30.1 Å². The van der Waals surface area contributed by atoms with Gasteiger partial charge in [0, 0.05) is 13.0 Å². The van der Waals surface area contributed by atoms with Gasteiger partial charge in [-0.15, -0.1) is 0 Å². The molecule has 0 radical (unpaired) electrons. The highest BCUT2D eigenvalue weighted by atomic mass is 16.5. The molecule has 0 spiro atoms. The summed E-state index contributed by atoms with van der Waals surface area (Å²) in [6.45, 7) is 2.63. The third kappa shape index (κ3) is 4.87. The average Bonchev–Trinajstić information content (AvgIpc) is 2.36. The number of anilines is 2. The summed E-state index contributed by atoms with van der Waals surface area (Å²) < 4.78 is 4.91. The lowest BCUT2D eigenvalue weighted by Crippen LogP contribution is -2.13. The van der Waals surface area contributed by atoms with Gasteiger partial charge in [0.25, 0.3) is 0 Å². The smallest absolute Gasteiger partial charge is 0.338 e. The third-order valence-electron chi connectivity index (χ3n) is 2.48.